The Balaban J connectivity index is 1.80. The first-order chi connectivity index (χ1) is 15.7. The van der Waals surface area contributed by atoms with Crippen molar-refractivity contribution >= 4 is 41.4 Å². The minimum atomic E-state index is -0.828. The quantitative estimate of drug-likeness (QED) is 0.174. The monoisotopic (exact) mass is 440 g/mol. The van der Waals surface area contributed by atoms with E-state index in [1.807, 2.05) is 54.6 Å². The Hall–Kier alpha value is -3.82. The minimum absolute atomic E-state index is 0.00337. The van der Waals surface area contributed by atoms with Gasteiger partial charge in [-0.2, -0.15) is 0 Å². The first kappa shape index (κ1) is 21.4. The van der Waals surface area contributed by atoms with Gasteiger partial charge in [0.05, 0.1) is 17.7 Å². The molecule has 0 bridgehead atoms. The molecule has 4 aromatic rings. The van der Waals surface area contributed by atoms with E-state index in [4.69, 9.17) is 9.73 Å². The van der Waals surface area contributed by atoms with Crippen molar-refractivity contribution in [1.82, 2.24) is 0 Å². The number of ether oxygens (including phenoxy) is 1. The molecule has 0 atom stereocenters. The molecular weight excluding hydrogens is 419 g/mol. The average Bonchev–Trinajstić information content (AvgIpc) is 2.84. The number of methoxy groups -OCH3 is 1. The number of nitro benzene ring substituents is 1. The molecule has 32 heavy (non-hydrogen) atoms. The van der Waals surface area contributed by atoms with Crippen LogP contribution < -0.4 is 20.7 Å². The zero-order valence-electron chi connectivity index (χ0n) is 17.5. The molecule has 0 aliphatic carbocycles. The van der Waals surface area contributed by atoms with Crippen LogP contribution in [0.3, 0.4) is 0 Å². The lowest BCUT2D eigenvalue weighted by molar-refractivity contribution is -0.384. The predicted octanol–water partition coefficient (Wildman–Crippen LogP) is 5.11. The van der Waals surface area contributed by atoms with Gasteiger partial charge in [-0.25, -0.2) is 0 Å². The van der Waals surface area contributed by atoms with E-state index in [9.17, 15) is 10.1 Å². The molecule has 0 radical (unpaired) electrons. The van der Waals surface area contributed by atoms with E-state index in [2.05, 4.69) is 30.3 Å². The number of hydrogen-bond donors (Lipinski definition) is 0. The van der Waals surface area contributed by atoms with Crippen LogP contribution in [-0.2, 0) is 0 Å². The normalized spacial score (nSPS) is 11.1. The van der Waals surface area contributed by atoms with Gasteiger partial charge < -0.3 is 4.74 Å². The summed E-state index contributed by atoms with van der Waals surface area (Å²) in [4.78, 5) is 15.5. The topological polar surface area (TPSA) is 64.7 Å². The van der Waals surface area contributed by atoms with Crippen molar-refractivity contribution in [2.45, 2.75) is 0 Å². The fourth-order valence-corrected chi connectivity index (χ4v) is 5.81. The van der Waals surface area contributed by atoms with E-state index < -0.39 is 12.8 Å². The van der Waals surface area contributed by atoms with Gasteiger partial charge in [0.2, 0.25) is 0 Å². The summed E-state index contributed by atoms with van der Waals surface area (Å²) in [6, 6.07) is 33.3. The Morgan fingerprint density at radius 3 is 2.03 bits per heavy atom. The molecule has 0 amide bonds. The van der Waals surface area contributed by atoms with Gasteiger partial charge in [-0.05, 0) is 30.7 Å². The summed E-state index contributed by atoms with van der Waals surface area (Å²) in [6.45, 7) is 0. The molecule has 0 spiro atoms. The van der Waals surface area contributed by atoms with Gasteiger partial charge >= 0.3 is 0 Å². The van der Waals surface area contributed by atoms with Crippen LogP contribution in [0.5, 0.6) is 5.75 Å². The van der Waals surface area contributed by atoms with Crippen molar-refractivity contribution in [3.8, 4) is 5.75 Å². The smallest absolute Gasteiger partial charge is 0.270 e. The Labute approximate surface area is 187 Å². The molecule has 0 heterocycles. The molecule has 0 aliphatic rings. The highest BCUT2D eigenvalue weighted by molar-refractivity contribution is 7.80. The number of non-ortho nitro benzene ring substituents is 1. The maximum Gasteiger partial charge on any atom is 0.270 e. The second kappa shape index (κ2) is 9.99. The summed E-state index contributed by atoms with van der Waals surface area (Å²) in [6.07, 6.45) is 1.63. The van der Waals surface area contributed by atoms with Crippen LogP contribution >= 0.6 is 7.92 Å². The second-order valence-corrected chi connectivity index (χ2v) is 9.12. The van der Waals surface area contributed by atoms with Gasteiger partial charge in [-0.15, -0.1) is 0 Å². The second-order valence-electron chi connectivity index (χ2n) is 6.94. The highest BCUT2D eigenvalue weighted by atomic mass is 31.1. The molecule has 0 saturated carbocycles. The van der Waals surface area contributed by atoms with Crippen LogP contribution in [0.25, 0.3) is 0 Å². The number of nitro groups is 1. The fourth-order valence-electron chi connectivity index (χ4n) is 3.42. The lowest BCUT2D eigenvalue weighted by Crippen LogP contribution is -2.20. The van der Waals surface area contributed by atoms with Crippen molar-refractivity contribution in [3.05, 3.63) is 119 Å². The number of para-hydroxylation sites is 1. The zero-order chi connectivity index (χ0) is 22.3. The summed E-state index contributed by atoms with van der Waals surface area (Å²) in [5.41, 5.74) is 1.37. The third kappa shape index (κ3) is 4.74. The predicted molar refractivity (Wildman–Crippen MR) is 132 cm³/mol. The van der Waals surface area contributed by atoms with E-state index in [1.165, 1.54) is 29.9 Å². The molecule has 4 aromatic carbocycles. The SMILES string of the molecule is COc1ccc([N+](=O)[O-])cc1/C=N/c1ccccc1P(c1ccccc1)c1ccccc1. The van der Waals surface area contributed by atoms with Crippen molar-refractivity contribution < 1.29 is 9.66 Å². The van der Waals surface area contributed by atoms with E-state index >= 15 is 0 Å². The lowest BCUT2D eigenvalue weighted by Gasteiger charge is -2.20. The number of hydrogen-bond acceptors (Lipinski definition) is 4. The summed E-state index contributed by atoms with van der Waals surface area (Å²) in [5.74, 6) is 0.533. The van der Waals surface area contributed by atoms with Crippen LogP contribution in [-0.4, -0.2) is 18.2 Å². The van der Waals surface area contributed by atoms with Crippen LogP contribution in [0.4, 0.5) is 11.4 Å². The van der Waals surface area contributed by atoms with Crippen molar-refractivity contribution in [1.29, 1.82) is 0 Å². The molecule has 158 valence electrons. The Morgan fingerprint density at radius 2 is 1.44 bits per heavy atom. The first-order valence-corrected chi connectivity index (χ1v) is 11.4. The molecule has 6 heteroatoms. The Morgan fingerprint density at radius 1 is 0.844 bits per heavy atom. The maximum absolute atomic E-state index is 11.2. The summed E-state index contributed by atoms with van der Waals surface area (Å²) < 4.78 is 5.38. The number of rotatable bonds is 7. The first-order valence-electron chi connectivity index (χ1n) is 10.0. The van der Waals surface area contributed by atoms with Crippen molar-refractivity contribution in [3.63, 3.8) is 0 Å². The molecule has 0 aromatic heterocycles. The maximum atomic E-state index is 11.2. The fraction of sp³-hybridized carbons (Fsp3) is 0.0385. The third-order valence-electron chi connectivity index (χ3n) is 4.92. The number of aliphatic imine (C=N–C) groups is 1. The summed E-state index contributed by atoms with van der Waals surface area (Å²) in [7, 11) is 0.710. The van der Waals surface area contributed by atoms with Crippen LogP contribution in [0.2, 0.25) is 0 Å². The molecular formula is C26H21N2O3P. The highest BCUT2D eigenvalue weighted by Gasteiger charge is 2.19. The zero-order valence-corrected chi connectivity index (χ0v) is 18.4. The van der Waals surface area contributed by atoms with Gasteiger partial charge in [0.25, 0.3) is 5.69 Å². The van der Waals surface area contributed by atoms with Gasteiger partial charge in [0.1, 0.15) is 5.75 Å². The molecule has 0 N–H and O–H groups in total. The third-order valence-corrected chi connectivity index (χ3v) is 7.41. The van der Waals surface area contributed by atoms with E-state index in [1.54, 1.807) is 12.3 Å². The molecule has 4 rings (SSSR count). The molecule has 0 aliphatic heterocycles. The van der Waals surface area contributed by atoms with Crippen molar-refractivity contribution in [2.24, 2.45) is 4.99 Å². The number of nitrogens with zero attached hydrogens (tertiary/aromatic N) is 2. The minimum Gasteiger partial charge on any atom is -0.496 e. The lowest BCUT2D eigenvalue weighted by atomic mass is 10.2. The van der Waals surface area contributed by atoms with E-state index in [0.29, 0.717) is 11.3 Å². The van der Waals surface area contributed by atoms with Crippen molar-refractivity contribution in [2.75, 3.05) is 7.11 Å². The van der Waals surface area contributed by atoms with Crippen LogP contribution in [0, 0.1) is 10.1 Å². The Kier molecular flexibility index (Phi) is 6.69. The van der Waals surface area contributed by atoms with E-state index in [-0.39, 0.29) is 5.69 Å². The molecule has 0 fully saturated rings. The number of benzene rings is 4. The Bertz CT molecular complexity index is 1200. The summed E-state index contributed by atoms with van der Waals surface area (Å²) in [5, 5.41) is 14.8. The summed E-state index contributed by atoms with van der Waals surface area (Å²) >= 11 is 0. The van der Waals surface area contributed by atoms with Gasteiger partial charge in [-0.3, -0.25) is 15.1 Å². The van der Waals surface area contributed by atoms with Crippen LogP contribution in [0.15, 0.2) is 108 Å². The van der Waals surface area contributed by atoms with Gasteiger partial charge in [0, 0.05) is 29.2 Å². The molecule has 0 unspecified atom stereocenters. The van der Waals surface area contributed by atoms with Gasteiger partial charge in [0.15, 0.2) is 0 Å². The standard InChI is InChI=1S/C26H21N2O3P/c1-31-25-17-16-21(28(29)30)18-20(25)19-27-24-14-8-9-15-26(24)32(22-10-4-2-5-11-22)23-12-6-3-7-13-23/h2-19H,1H3/b27-19+. The van der Waals surface area contributed by atoms with Crippen LogP contribution in [0.1, 0.15) is 5.56 Å². The molecule has 5 nitrogen and oxygen atoms in total. The van der Waals surface area contributed by atoms with Gasteiger partial charge in [-0.1, -0.05) is 78.9 Å². The average molecular weight is 440 g/mol. The highest BCUT2D eigenvalue weighted by Crippen LogP contribution is 2.36. The molecule has 0 saturated heterocycles. The van der Waals surface area contributed by atoms with E-state index in [0.717, 1.165) is 11.0 Å². The largest absolute Gasteiger partial charge is 0.496 e.